The number of pyridine rings is 2. The number of rotatable bonds is 4. The highest BCUT2D eigenvalue weighted by atomic mass is 15.3. The molecule has 26 heavy (non-hydrogen) atoms. The van der Waals surface area contributed by atoms with Crippen LogP contribution in [0.25, 0.3) is 10.9 Å². The molecule has 0 saturated carbocycles. The zero-order valence-corrected chi connectivity index (χ0v) is 14.4. The van der Waals surface area contributed by atoms with Crippen molar-refractivity contribution in [1.29, 1.82) is 0 Å². The largest absolute Gasteiger partial charge is 0.261 e. The lowest BCUT2D eigenvalue weighted by molar-refractivity contribution is 1.22. The van der Waals surface area contributed by atoms with Crippen molar-refractivity contribution in [2.75, 3.05) is 5.43 Å². The van der Waals surface area contributed by atoms with Crippen LogP contribution in [0.1, 0.15) is 16.8 Å². The van der Waals surface area contributed by atoms with Crippen LogP contribution in [0, 0.1) is 6.92 Å². The van der Waals surface area contributed by atoms with Gasteiger partial charge in [-0.2, -0.15) is 5.10 Å². The van der Waals surface area contributed by atoms with Crippen molar-refractivity contribution in [2.45, 2.75) is 6.92 Å². The number of hydrazone groups is 1. The minimum atomic E-state index is 0.713. The van der Waals surface area contributed by atoms with Gasteiger partial charge >= 0.3 is 0 Å². The zero-order chi connectivity index (χ0) is 17.8. The van der Waals surface area contributed by atoms with Crippen LogP contribution < -0.4 is 5.43 Å². The van der Waals surface area contributed by atoms with E-state index < -0.39 is 0 Å². The van der Waals surface area contributed by atoms with Gasteiger partial charge in [0.25, 0.3) is 0 Å². The molecule has 4 heteroatoms. The Hall–Kier alpha value is -3.53. The summed E-state index contributed by atoms with van der Waals surface area (Å²) in [5, 5.41) is 5.77. The molecule has 4 nitrogen and oxygen atoms in total. The third kappa shape index (κ3) is 3.30. The summed E-state index contributed by atoms with van der Waals surface area (Å²) in [5.41, 5.74) is 7.80. The van der Waals surface area contributed by atoms with E-state index in [1.807, 2.05) is 72.8 Å². The molecule has 0 aliphatic carbocycles. The van der Waals surface area contributed by atoms with Crippen LogP contribution in [0.15, 0.2) is 90.2 Å². The lowest BCUT2D eigenvalue weighted by atomic mass is 10.1. The van der Waals surface area contributed by atoms with Crippen LogP contribution in [0.5, 0.6) is 0 Å². The van der Waals surface area contributed by atoms with Crippen LogP contribution in [-0.4, -0.2) is 15.7 Å². The van der Waals surface area contributed by atoms with Crippen LogP contribution in [-0.2, 0) is 0 Å². The zero-order valence-electron chi connectivity index (χ0n) is 14.4. The number of benzene rings is 2. The molecule has 126 valence electrons. The summed E-state index contributed by atoms with van der Waals surface area (Å²) in [5.74, 6) is 0.713. The predicted molar refractivity (Wildman–Crippen MR) is 106 cm³/mol. The van der Waals surface area contributed by atoms with Gasteiger partial charge in [0.15, 0.2) is 0 Å². The summed E-state index contributed by atoms with van der Waals surface area (Å²) < 4.78 is 0. The van der Waals surface area contributed by atoms with E-state index in [4.69, 9.17) is 0 Å². The quantitative estimate of drug-likeness (QED) is 0.429. The molecule has 4 aromatic rings. The maximum Gasteiger partial charge on any atom is 0.147 e. The minimum Gasteiger partial charge on any atom is -0.261 e. The molecule has 2 aromatic carbocycles. The summed E-state index contributed by atoms with van der Waals surface area (Å²) in [6, 6.07) is 25.9. The third-order valence-corrected chi connectivity index (χ3v) is 4.16. The number of fused-ring (bicyclic) bond motifs is 1. The highest BCUT2D eigenvalue weighted by molar-refractivity contribution is 6.11. The number of nitrogens with one attached hydrogen (secondary N) is 1. The second-order valence-electron chi connectivity index (χ2n) is 5.99. The van der Waals surface area contributed by atoms with Crippen LogP contribution in [0.2, 0.25) is 0 Å². The van der Waals surface area contributed by atoms with Gasteiger partial charge in [-0.15, -0.1) is 0 Å². The number of hydrogen-bond donors (Lipinski definition) is 1. The first-order valence-corrected chi connectivity index (χ1v) is 8.48. The fourth-order valence-corrected chi connectivity index (χ4v) is 2.89. The van der Waals surface area contributed by atoms with E-state index in [1.54, 1.807) is 6.20 Å². The molecule has 0 bridgehead atoms. The molecule has 1 N–H and O–H groups in total. The minimum absolute atomic E-state index is 0.713. The third-order valence-electron chi connectivity index (χ3n) is 4.16. The number of aryl methyl sites for hydroxylation is 1. The van der Waals surface area contributed by atoms with Gasteiger partial charge in [0.05, 0.1) is 11.2 Å². The van der Waals surface area contributed by atoms with E-state index >= 15 is 0 Å². The van der Waals surface area contributed by atoms with Gasteiger partial charge in [0, 0.05) is 17.1 Å². The van der Waals surface area contributed by atoms with Gasteiger partial charge in [-0.05, 0) is 36.8 Å². The van der Waals surface area contributed by atoms with E-state index in [1.165, 1.54) is 0 Å². The molecule has 2 heterocycles. The van der Waals surface area contributed by atoms with Crippen LogP contribution >= 0.6 is 0 Å². The van der Waals surface area contributed by atoms with Gasteiger partial charge in [0.2, 0.25) is 0 Å². The summed E-state index contributed by atoms with van der Waals surface area (Å²) in [6.45, 7) is 2.08. The highest BCUT2D eigenvalue weighted by Crippen LogP contribution is 2.20. The Balaban J connectivity index is 1.74. The second-order valence-corrected chi connectivity index (χ2v) is 5.99. The summed E-state index contributed by atoms with van der Waals surface area (Å²) in [4.78, 5) is 9.10. The fourth-order valence-electron chi connectivity index (χ4n) is 2.89. The molecule has 0 fully saturated rings. The van der Waals surface area contributed by atoms with Crippen molar-refractivity contribution in [3.8, 4) is 0 Å². The molecule has 4 rings (SSSR count). The Bertz CT molecular complexity index is 1020. The van der Waals surface area contributed by atoms with E-state index in [0.29, 0.717) is 5.82 Å². The van der Waals surface area contributed by atoms with Crippen molar-refractivity contribution in [1.82, 2.24) is 9.97 Å². The molecule has 0 atom stereocenters. The van der Waals surface area contributed by atoms with E-state index in [9.17, 15) is 0 Å². The van der Waals surface area contributed by atoms with Crippen LogP contribution in [0.3, 0.4) is 0 Å². The van der Waals surface area contributed by atoms with Crippen molar-refractivity contribution in [3.63, 3.8) is 0 Å². The Kier molecular flexibility index (Phi) is 4.39. The SMILES string of the molecule is Cc1cc(N/N=C(/c2ccccc2)c2ccccn2)nc2ccccc12. The van der Waals surface area contributed by atoms with Gasteiger partial charge in [0.1, 0.15) is 11.5 Å². The molecule has 0 saturated heterocycles. The monoisotopic (exact) mass is 338 g/mol. The van der Waals surface area contributed by atoms with E-state index in [-0.39, 0.29) is 0 Å². The lowest BCUT2D eigenvalue weighted by Gasteiger charge is -2.09. The first kappa shape index (κ1) is 16.0. The first-order chi connectivity index (χ1) is 12.8. The molecular formula is C22H18N4. The number of anilines is 1. The smallest absolute Gasteiger partial charge is 0.147 e. The summed E-state index contributed by atoms with van der Waals surface area (Å²) in [6.07, 6.45) is 1.77. The molecule has 0 radical (unpaired) electrons. The average Bonchev–Trinajstić information content (AvgIpc) is 2.70. The summed E-state index contributed by atoms with van der Waals surface area (Å²) >= 11 is 0. The van der Waals surface area contributed by atoms with Gasteiger partial charge in [-0.3, -0.25) is 10.4 Å². The predicted octanol–water partition coefficient (Wildman–Crippen LogP) is 4.80. The standard InChI is InChI=1S/C22H18N4/c1-16-15-21(24-19-12-6-5-11-18(16)19)25-26-22(17-9-3-2-4-10-17)20-13-7-8-14-23-20/h2-15H,1H3,(H,24,25)/b26-22-. The molecule has 0 aliphatic rings. The molecule has 0 unspecified atom stereocenters. The normalized spacial score (nSPS) is 11.5. The average molecular weight is 338 g/mol. The maximum atomic E-state index is 4.66. The number of nitrogens with zero attached hydrogens (tertiary/aromatic N) is 3. The van der Waals surface area contributed by atoms with Crippen molar-refractivity contribution >= 4 is 22.4 Å². The number of hydrogen-bond acceptors (Lipinski definition) is 4. The molecular weight excluding hydrogens is 320 g/mol. The van der Waals surface area contributed by atoms with Crippen LogP contribution in [0.4, 0.5) is 5.82 Å². The van der Waals surface area contributed by atoms with E-state index in [2.05, 4.69) is 33.5 Å². The Morgan fingerprint density at radius 3 is 2.46 bits per heavy atom. The Morgan fingerprint density at radius 1 is 0.885 bits per heavy atom. The van der Waals surface area contributed by atoms with Gasteiger partial charge in [-0.25, -0.2) is 4.98 Å². The van der Waals surface area contributed by atoms with Crippen molar-refractivity contribution in [3.05, 3.63) is 102 Å². The second kappa shape index (κ2) is 7.15. The first-order valence-electron chi connectivity index (χ1n) is 8.48. The van der Waals surface area contributed by atoms with Gasteiger partial charge in [-0.1, -0.05) is 54.6 Å². The Morgan fingerprint density at radius 2 is 1.65 bits per heavy atom. The van der Waals surface area contributed by atoms with Gasteiger partial charge < -0.3 is 0 Å². The van der Waals surface area contributed by atoms with Crippen molar-refractivity contribution < 1.29 is 0 Å². The molecule has 0 amide bonds. The van der Waals surface area contributed by atoms with E-state index in [0.717, 1.165) is 33.4 Å². The summed E-state index contributed by atoms with van der Waals surface area (Å²) in [7, 11) is 0. The number of para-hydroxylation sites is 1. The highest BCUT2D eigenvalue weighted by Gasteiger charge is 2.08. The molecule has 2 aromatic heterocycles. The van der Waals surface area contributed by atoms with Crippen molar-refractivity contribution in [2.24, 2.45) is 5.10 Å². The number of aromatic nitrogens is 2. The maximum absolute atomic E-state index is 4.66. The molecule has 0 aliphatic heterocycles. The lowest BCUT2D eigenvalue weighted by Crippen LogP contribution is -2.09. The topological polar surface area (TPSA) is 50.2 Å². The molecule has 0 spiro atoms. The fraction of sp³-hybridized carbons (Fsp3) is 0.0455. The Labute approximate surface area is 152 Å².